The van der Waals surface area contributed by atoms with Crippen LogP contribution in [0.4, 0.5) is 0 Å². The first-order valence-corrected chi connectivity index (χ1v) is 6.74. The van der Waals surface area contributed by atoms with E-state index in [1.54, 1.807) is 14.2 Å². The van der Waals surface area contributed by atoms with Gasteiger partial charge >= 0.3 is 0 Å². The highest BCUT2D eigenvalue weighted by molar-refractivity contribution is 5.45. The number of methoxy groups -OCH3 is 2. The Balaban J connectivity index is 2.08. The zero-order valence-corrected chi connectivity index (χ0v) is 12.3. The van der Waals surface area contributed by atoms with Crippen LogP contribution in [0.1, 0.15) is 11.1 Å². The van der Waals surface area contributed by atoms with Gasteiger partial charge in [0.05, 0.1) is 14.2 Å². The molecule has 1 saturated heterocycles. The van der Waals surface area contributed by atoms with E-state index in [4.69, 9.17) is 9.47 Å². The molecule has 1 heterocycles. The van der Waals surface area contributed by atoms with Crippen LogP contribution in [-0.2, 0) is 6.54 Å². The summed E-state index contributed by atoms with van der Waals surface area (Å²) in [4.78, 5) is 2.35. The SMILES string of the molecule is COc1cc(CN(C)CC2CNC2)c(OC)cc1C. The van der Waals surface area contributed by atoms with E-state index in [1.165, 1.54) is 5.56 Å². The molecule has 0 amide bonds. The number of benzene rings is 1. The Labute approximate surface area is 115 Å². The number of rotatable bonds is 6. The first kappa shape index (κ1) is 14.2. The van der Waals surface area contributed by atoms with Crippen molar-refractivity contribution in [2.24, 2.45) is 5.92 Å². The minimum Gasteiger partial charge on any atom is -0.496 e. The lowest BCUT2D eigenvalue weighted by atomic mass is 10.0. The first-order chi connectivity index (χ1) is 9.13. The number of nitrogens with one attached hydrogen (secondary N) is 1. The van der Waals surface area contributed by atoms with Crippen molar-refractivity contribution in [2.75, 3.05) is 40.9 Å². The quantitative estimate of drug-likeness (QED) is 0.847. The summed E-state index contributed by atoms with van der Waals surface area (Å²) in [6, 6.07) is 4.14. The van der Waals surface area contributed by atoms with Crippen LogP contribution >= 0.6 is 0 Å². The zero-order valence-electron chi connectivity index (χ0n) is 12.3. The van der Waals surface area contributed by atoms with Gasteiger partial charge in [0.25, 0.3) is 0 Å². The number of hydrogen-bond donors (Lipinski definition) is 1. The smallest absolute Gasteiger partial charge is 0.123 e. The molecule has 1 aromatic carbocycles. The molecule has 0 spiro atoms. The Morgan fingerprint density at radius 1 is 1.21 bits per heavy atom. The summed E-state index contributed by atoms with van der Waals surface area (Å²) in [7, 11) is 5.59. The van der Waals surface area contributed by atoms with E-state index in [-0.39, 0.29) is 0 Å². The highest BCUT2D eigenvalue weighted by Gasteiger charge is 2.19. The van der Waals surface area contributed by atoms with E-state index in [2.05, 4.69) is 23.3 Å². The molecule has 1 aromatic rings. The van der Waals surface area contributed by atoms with E-state index in [0.29, 0.717) is 0 Å². The average Bonchev–Trinajstić information content (AvgIpc) is 2.35. The topological polar surface area (TPSA) is 33.7 Å². The summed E-state index contributed by atoms with van der Waals surface area (Å²) in [5.41, 5.74) is 2.29. The molecule has 106 valence electrons. The third kappa shape index (κ3) is 3.39. The second-order valence-corrected chi connectivity index (χ2v) is 5.35. The zero-order chi connectivity index (χ0) is 13.8. The Bertz CT molecular complexity index is 430. The van der Waals surface area contributed by atoms with Gasteiger partial charge in [0.1, 0.15) is 11.5 Å². The van der Waals surface area contributed by atoms with Crippen LogP contribution in [0.15, 0.2) is 12.1 Å². The molecule has 0 bridgehead atoms. The fraction of sp³-hybridized carbons (Fsp3) is 0.600. The van der Waals surface area contributed by atoms with Gasteiger partial charge in [-0.05, 0) is 37.6 Å². The van der Waals surface area contributed by atoms with Gasteiger partial charge in [0.2, 0.25) is 0 Å². The molecule has 0 aromatic heterocycles. The summed E-state index contributed by atoms with van der Waals surface area (Å²) in [6.07, 6.45) is 0. The van der Waals surface area contributed by atoms with Crippen molar-refractivity contribution in [3.8, 4) is 11.5 Å². The highest BCUT2D eigenvalue weighted by Crippen LogP contribution is 2.29. The molecule has 2 rings (SSSR count). The van der Waals surface area contributed by atoms with Gasteiger partial charge in [0.15, 0.2) is 0 Å². The first-order valence-electron chi connectivity index (χ1n) is 6.74. The van der Waals surface area contributed by atoms with Crippen molar-refractivity contribution in [3.05, 3.63) is 23.3 Å². The maximum Gasteiger partial charge on any atom is 0.123 e. The maximum absolute atomic E-state index is 5.48. The Kier molecular flexibility index (Phi) is 4.66. The minimum atomic E-state index is 0.781. The third-order valence-corrected chi connectivity index (χ3v) is 3.67. The standard InChI is InChI=1S/C15H24N2O2/c1-11-5-15(19-4)13(6-14(11)18-3)10-17(2)9-12-7-16-8-12/h5-6,12,16H,7-10H2,1-4H3. The van der Waals surface area contributed by atoms with Crippen LogP contribution < -0.4 is 14.8 Å². The van der Waals surface area contributed by atoms with Crippen molar-refractivity contribution >= 4 is 0 Å². The molecule has 1 fully saturated rings. The lowest BCUT2D eigenvalue weighted by Gasteiger charge is -2.31. The number of nitrogens with zero attached hydrogens (tertiary/aromatic N) is 1. The van der Waals surface area contributed by atoms with Crippen LogP contribution in [0.2, 0.25) is 0 Å². The molecule has 0 saturated carbocycles. The summed E-state index contributed by atoms with van der Waals surface area (Å²) in [6.45, 7) is 6.31. The molecule has 1 aliphatic rings. The summed E-state index contributed by atoms with van der Waals surface area (Å²) < 4.78 is 10.9. The van der Waals surface area contributed by atoms with Gasteiger partial charge in [-0.25, -0.2) is 0 Å². The van der Waals surface area contributed by atoms with Crippen LogP contribution in [0.3, 0.4) is 0 Å². The molecule has 0 radical (unpaired) electrons. The minimum absolute atomic E-state index is 0.781. The van der Waals surface area contributed by atoms with E-state index >= 15 is 0 Å². The lowest BCUT2D eigenvalue weighted by Crippen LogP contribution is -2.47. The van der Waals surface area contributed by atoms with Crippen molar-refractivity contribution in [2.45, 2.75) is 13.5 Å². The maximum atomic E-state index is 5.48. The van der Waals surface area contributed by atoms with Crippen LogP contribution in [0.5, 0.6) is 11.5 Å². The number of aryl methyl sites for hydroxylation is 1. The van der Waals surface area contributed by atoms with Crippen LogP contribution in [0, 0.1) is 12.8 Å². The fourth-order valence-corrected chi connectivity index (χ4v) is 2.51. The van der Waals surface area contributed by atoms with Crippen LogP contribution in [-0.4, -0.2) is 45.8 Å². The Morgan fingerprint density at radius 3 is 2.42 bits per heavy atom. The average molecular weight is 264 g/mol. The monoisotopic (exact) mass is 264 g/mol. The molecular formula is C15H24N2O2. The largest absolute Gasteiger partial charge is 0.496 e. The van der Waals surface area contributed by atoms with Gasteiger partial charge in [-0.3, -0.25) is 0 Å². The molecule has 19 heavy (non-hydrogen) atoms. The predicted molar refractivity (Wildman–Crippen MR) is 77.0 cm³/mol. The van der Waals surface area contributed by atoms with E-state index in [1.807, 2.05) is 13.0 Å². The van der Waals surface area contributed by atoms with Crippen molar-refractivity contribution < 1.29 is 9.47 Å². The van der Waals surface area contributed by atoms with Gasteiger partial charge in [-0.2, -0.15) is 0 Å². The van der Waals surface area contributed by atoms with E-state index in [0.717, 1.165) is 49.2 Å². The van der Waals surface area contributed by atoms with Crippen molar-refractivity contribution in [1.82, 2.24) is 10.2 Å². The van der Waals surface area contributed by atoms with Crippen LogP contribution in [0.25, 0.3) is 0 Å². The second-order valence-electron chi connectivity index (χ2n) is 5.35. The fourth-order valence-electron chi connectivity index (χ4n) is 2.51. The molecule has 0 unspecified atom stereocenters. The summed E-state index contributed by atoms with van der Waals surface area (Å²) in [5, 5.41) is 3.31. The summed E-state index contributed by atoms with van der Waals surface area (Å²) >= 11 is 0. The van der Waals surface area contributed by atoms with E-state index < -0.39 is 0 Å². The molecule has 1 aliphatic heterocycles. The molecule has 0 aliphatic carbocycles. The van der Waals surface area contributed by atoms with Gasteiger partial charge < -0.3 is 19.7 Å². The van der Waals surface area contributed by atoms with Crippen molar-refractivity contribution in [1.29, 1.82) is 0 Å². The second kappa shape index (κ2) is 6.26. The third-order valence-electron chi connectivity index (χ3n) is 3.67. The Morgan fingerprint density at radius 2 is 1.89 bits per heavy atom. The number of hydrogen-bond acceptors (Lipinski definition) is 4. The summed E-state index contributed by atoms with van der Waals surface area (Å²) in [5.74, 6) is 2.65. The molecule has 1 N–H and O–H groups in total. The molecule has 4 heteroatoms. The van der Waals surface area contributed by atoms with Gasteiger partial charge in [0, 0.05) is 31.7 Å². The van der Waals surface area contributed by atoms with E-state index in [9.17, 15) is 0 Å². The molecule has 4 nitrogen and oxygen atoms in total. The van der Waals surface area contributed by atoms with Gasteiger partial charge in [-0.15, -0.1) is 0 Å². The van der Waals surface area contributed by atoms with Gasteiger partial charge in [-0.1, -0.05) is 0 Å². The lowest BCUT2D eigenvalue weighted by molar-refractivity contribution is 0.216. The van der Waals surface area contributed by atoms with Crippen molar-refractivity contribution in [3.63, 3.8) is 0 Å². The number of ether oxygens (including phenoxy) is 2. The molecular weight excluding hydrogens is 240 g/mol. The predicted octanol–water partition coefficient (Wildman–Crippen LogP) is 1.66. The highest BCUT2D eigenvalue weighted by atomic mass is 16.5. The molecule has 0 atom stereocenters. The normalized spacial score (nSPS) is 15.4. The Hall–Kier alpha value is -1.26.